The molecule has 1 fully saturated rings. The molecule has 5 heteroatoms. The van der Waals surface area contributed by atoms with Gasteiger partial charge >= 0.3 is 13.1 Å². The van der Waals surface area contributed by atoms with E-state index in [9.17, 15) is 4.79 Å². The van der Waals surface area contributed by atoms with Crippen LogP contribution in [0, 0.1) is 0 Å². The number of benzene rings is 1. The van der Waals surface area contributed by atoms with E-state index in [1.807, 2.05) is 53.7 Å². The second kappa shape index (κ2) is 6.63. The fraction of sp³-hybridized carbons (Fsp3) is 0.562. The zero-order chi connectivity index (χ0) is 16.3. The van der Waals surface area contributed by atoms with Gasteiger partial charge in [-0.15, -0.1) is 0 Å². The van der Waals surface area contributed by atoms with Crippen LogP contribution in [-0.2, 0) is 20.5 Å². The highest BCUT2D eigenvalue weighted by Gasteiger charge is 2.51. The lowest BCUT2D eigenvalue weighted by Crippen LogP contribution is -2.41. The van der Waals surface area contributed by atoms with Crippen molar-refractivity contribution in [3.63, 3.8) is 0 Å². The van der Waals surface area contributed by atoms with Crippen LogP contribution in [0.2, 0.25) is 0 Å². The second-order valence-electron chi connectivity index (χ2n) is 5.90. The average molecular weight is 292 g/mol. The van der Waals surface area contributed by atoms with E-state index in [4.69, 9.17) is 14.4 Å². The summed E-state index contributed by atoms with van der Waals surface area (Å²) in [5.41, 5.74) is 0.954. The van der Waals surface area contributed by atoms with Crippen molar-refractivity contribution in [2.24, 2.45) is 0 Å². The number of aliphatic carboxylic acids is 1. The van der Waals surface area contributed by atoms with Gasteiger partial charge in [-0.1, -0.05) is 38.1 Å². The Kier molecular flexibility index (Phi) is 5.59. The molecule has 1 N–H and O–H groups in total. The van der Waals surface area contributed by atoms with E-state index >= 15 is 0 Å². The Hall–Kier alpha value is -1.33. The lowest BCUT2D eigenvalue weighted by molar-refractivity contribution is -0.136. The van der Waals surface area contributed by atoms with Crippen LogP contribution in [0.4, 0.5) is 0 Å². The highest BCUT2D eigenvalue weighted by atomic mass is 16.7. The zero-order valence-electron chi connectivity index (χ0n) is 13.8. The molecule has 2 rings (SSSR count). The SMILES string of the molecule is CC.CC1(C)OB(c2ccc(CC(=O)O)cc2)OC1(C)C. The van der Waals surface area contributed by atoms with Crippen molar-refractivity contribution in [1.82, 2.24) is 0 Å². The third kappa shape index (κ3) is 4.08. The largest absolute Gasteiger partial charge is 0.494 e. The molecule has 1 aromatic rings. The molecule has 0 aliphatic carbocycles. The Labute approximate surface area is 127 Å². The van der Waals surface area contributed by atoms with Crippen LogP contribution >= 0.6 is 0 Å². The zero-order valence-corrected chi connectivity index (χ0v) is 13.8. The summed E-state index contributed by atoms with van der Waals surface area (Å²) >= 11 is 0. The van der Waals surface area contributed by atoms with Gasteiger partial charge in [-0.05, 0) is 38.7 Å². The molecular weight excluding hydrogens is 267 g/mol. The summed E-state index contributed by atoms with van der Waals surface area (Å²) in [6.07, 6.45) is 0.0314. The third-order valence-corrected chi connectivity index (χ3v) is 3.86. The van der Waals surface area contributed by atoms with Crippen LogP contribution in [0.25, 0.3) is 0 Å². The van der Waals surface area contributed by atoms with Gasteiger partial charge in [0.2, 0.25) is 0 Å². The molecule has 1 saturated heterocycles. The van der Waals surface area contributed by atoms with Gasteiger partial charge in [0.1, 0.15) is 0 Å². The molecule has 1 aliphatic heterocycles. The van der Waals surface area contributed by atoms with Crippen molar-refractivity contribution in [2.75, 3.05) is 0 Å². The molecule has 0 unspecified atom stereocenters. The molecule has 0 saturated carbocycles. The van der Waals surface area contributed by atoms with Gasteiger partial charge < -0.3 is 14.4 Å². The van der Waals surface area contributed by atoms with Gasteiger partial charge in [-0.3, -0.25) is 4.79 Å². The molecule has 0 aromatic heterocycles. The highest BCUT2D eigenvalue weighted by Crippen LogP contribution is 2.36. The van der Waals surface area contributed by atoms with Crippen molar-refractivity contribution < 1.29 is 19.2 Å². The quantitative estimate of drug-likeness (QED) is 0.870. The van der Waals surface area contributed by atoms with Crippen LogP contribution in [0.5, 0.6) is 0 Å². The number of hydrogen-bond acceptors (Lipinski definition) is 3. The molecule has 1 heterocycles. The van der Waals surface area contributed by atoms with Crippen molar-refractivity contribution in [3.05, 3.63) is 29.8 Å². The monoisotopic (exact) mass is 292 g/mol. The molecule has 116 valence electrons. The van der Waals surface area contributed by atoms with Gasteiger partial charge in [0, 0.05) is 0 Å². The smallest absolute Gasteiger partial charge is 0.481 e. The van der Waals surface area contributed by atoms with Gasteiger partial charge in [-0.25, -0.2) is 0 Å². The minimum absolute atomic E-state index is 0.0314. The van der Waals surface area contributed by atoms with Crippen molar-refractivity contribution >= 4 is 18.6 Å². The van der Waals surface area contributed by atoms with Gasteiger partial charge in [-0.2, -0.15) is 0 Å². The van der Waals surface area contributed by atoms with E-state index in [0.29, 0.717) is 0 Å². The summed E-state index contributed by atoms with van der Waals surface area (Å²) in [5.74, 6) is -0.830. The molecule has 0 atom stereocenters. The summed E-state index contributed by atoms with van der Waals surface area (Å²) in [6, 6.07) is 7.32. The lowest BCUT2D eigenvalue weighted by Gasteiger charge is -2.32. The maximum absolute atomic E-state index is 10.6. The minimum atomic E-state index is -0.830. The Balaban J connectivity index is 0.00000106. The Morgan fingerprint density at radius 1 is 1.05 bits per heavy atom. The molecule has 21 heavy (non-hydrogen) atoms. The first-order valence-corrected chi connectivity index (χ1v) is 7.37. The summed E-state index contributed by atoms with van der Waals surface area (Å²) in [6.45, 7) is 12.0. The fourth-order valence-electron chi connectivity index (χ4n) is 1.95. The molecule has 4 nitrogen and oxygen atoms in total. The van der Waals surface area contributed by atoms with Crippen molar-refractivity contribution in [3.8, 4) is 0 Å². The first-order valence-electron chi connectivity index (χ1n) is 7.37. The molecule has 0 bridgehead atoms. The predicted octanol–water partition coefficient (Wildman–Crippen LogP) is 2.64. The van der Waals surface area contributed by atoms with Gasteiger partial charge in [0.15, 0.2) is 0 Å². The van der Waals surface area contributed by atoms with E-state index in [2.05, 4.69) is 0 Å². The van der Waals surface area contributed by atoms with Crippen LogP contribution in [-0.4, -0.2) is 29.4 Å². The van der Waals surface area contributed by atoms with E-state index in [1.165, 1.54) is 0 Å². The van der Waals surface area contributed by atoms with Gasteiger partial charge in [0.05, 0.1) is 17.6 Å². The van der Waals surface area contributed by atoms with E-state index < -0.39 is 13.1 Å². The van der Waals surface area contributed by atoms with Crippen LogP contribution in [0.1, 0.15) is 47.1 Å². The minimum Gasteiger partial charge on any atom is -0.481 e. The summed E-state index contributed by atoms with van der Waals surface area (Å²) in [7, 11) is -0.399. The number of hydrogen-bond donors (Lipinski definition) is 1. The molecule has 0 amide bonds. The molecule has 1 aliphatic rings. The maximum atomic E-state index is 10.6. The van der Waals surface area contributed by atoms with Crippen LogP contribution in [0.15, 0.2) is 24.3 Å². The van der Waals surface area contributed by atoms with Crippen molar-refractivity contribution in [1.29, 1.82) is 0 Å². The van der Waals surface area contributed by atoms with E-state index in [0.717, 1.165) is 11.0 Å². The first kappa shape index (κ1) is 17.7. The Morgan fingerprint density at radius 3 is 1.86 bits per heavy atom. The number of carboxylic acid groups (broad SMARTS) is 1. The van der Waals surface area contributed by atoms with E-state index in [-0.39, 0.29) is 17.6 Å². The molecular formula is C16H25BO4. The number of carbonyl (C=O) groups is 1. The van der Waals surface area contributed by atoms with Crippen LogP contribution < -0.4 is 5.46 Å². The summed E-state index contributed by atoms with van der Waals surface area (Å²) in [4.78, 5) is 10.6. The highest BCUT2D eigenvalue weighted by molar-refractivity contribution is 6.62. The molecule has 0 spiro atoms. The normalized spacial score (nSPS) is 18.9. The number of rotatable bonds is 3. The summed E-state index contributed by atoms with van der Waals surface area (Å²) in [5, 5.41) is 8.74. The fourth-order valence-corrected chi connectivity index (χ4v) is 1.95. The predicted molar refractivity (Wildman–Crippen MR) is 84.8 cm³/mol. The maximum Gasteiger partial charge on any atom is 0.494 e. The molecule has 0 radical (unpaired) electrons. The Bertz CT molecular complexity index is 464. The van der Waals surface area contributed by atoms with Crippen LogP contribution in [0.3, 0.4) is 0 Å². The van der Waals surface area contributed by atoms with E-state index in [1.54, 1.807) is 12.1 Å². The third-order valence-electron chi connectivity index (χ3n) is 3.86. The van der Waals surface area contributed by atoms with Gasteiger partial charge in [0.25, 0.3) is 0 Å². The second-order valence-corrected chi connectivity index (χ2v) is 5.90. The standard InChI is InChI=1S/C14H19BO4.C2H6/c1-13(2)14(3,4)19-15(18-13)11-7-5-10(6-8-11)9-12(16)17;1-2/h5-8H,9H2,1-4H3,(H,16,17);1-2H3. The first-order chi connectivity index (χ1) is 9.71. The number of carboxylic acids is 1. The topological polar surface area (TPSA) is 55.8 Å². The lowest BCUT2D eigenvalue weighted by atomic mass is 9.79. The Morgan fingerprint density at radius 2 is 1.48 bits per heavy atom. The molecule has 1 aromatic carbocycles. The average Bonchev–Trinajstić information content (AvgIpc) is 2.61. The summed E-state index contributed by atoms with van der Waals surface area (Å²) < 4.78 is 11.9. The van der Waals surface area contributed by atoms with Crippen molar-refractivity contribution in [2.45, 2.75) is 59.2 Å².